The predicted octanol–water partition coefficient (Wildman–Crippen LogP) is 0.836. The topological polar surface area (TPSA) is 84.2 Å². The van der Waals surface area contributed by atoms with Crippen LogP contribution < -0.4 is 16.0 Å². The fourth-order valence-corrected chi connectivity index (χ4v) is 1.75. The lowest BCUT2D eigenvalue weighted by atomic mass is 10.2. The molecule has 0 aliphatic carbocycles. The highest BCUT2D eigenvalue weighted by Gasteiger charge is 2.05. The maximum atomic E-state index is 11.9. The van der Waals surface area contributed by atoms with Gasteiger partial charge >= 0.3 is 0 Å². The van der Waals surface area contributed by atoms with Crippen molar-refractivity contribution in [2.75, 3.05) is 33.0 Å². The average Bonchev–Trinajstić information content (AvgIpc) is 2.35. The first-order chi connectivity index (χ1) is 9.06. The van der Waals surface area contributed by atoms with Crippen LogP contribution in [0, 0.1) is 0 Å². The molecule has 0 saturated heterocycles. The van der Waals surface area contributed by atoms with Gasteiger partial charge in [-0.15, -0.1) is 0 Å². The summed E-state index contributed by atoms with van der Waals surface area (Å²) in [5.41, 5.74) is 6.53. The predicted molar refractivity (Wildman–Crippen MR) is 75.4 cm³/mol. The Morgan fingerprint density at radius 3 is 2.95 bits per heavy atom. The quantitative estimate of drug-likeness (QED) is 0.616. The van der Waals surface area contributed by atoms with Gasteiger partial charge in [0.1, 0.15) is 0 Å². The minimum atomic E-state index is -0.236. The molecule has 2 aromatic rings. The number of nitrogens with zero attached hydrogens (tertiary/aromatic N) is 2. The van der Waals surface area contributed by atoms with Crippen molar-refractivity contribution in [1.82, 2.24) is 14.9 Å². The van der Waals surface area contributed by atoms with Gasteiger partial charge < -0.3 is 15.4 Å². The van der Waals surface area contributed by atoms with E-state index in [0.717, 1.165) is 13.0 Å². The summed E-state index contributed by atoms with van der Waals surface area (Å²) in [5, 5.41) is 0.473. The molecular formula is C13H18N4O2. The van der Waals surface area contributed by atoms with Crippen LogP contribution in [0.3, 0.4) is 0 Å². The molecule has 0 radical (unpaired) electrons. The first kappa shape index (κ1) is 13.4. The number of nitrogen functional groups attached to an aromatic ring is 1. The summed E-state index contributed by atoms with van der Waals surface area (Å²) in [5.74, 6) is 0. The molecule has 6 nitrogen and oxygen atoms in total. The first-order valence-electron chi connectivity index (χ1n) is 6.13. The smallest absolute Gasteiger partial charge is 0.297 e. The number of fused-ring (bicyclic) bond motifs is 1. The van der Waals surface area contributed by atoms with Gasteiger partial charge in [-0.05, 0) is 38.7 Å². The fourth-order valence-electron chi connectivity index (χ4n) is 1.75. The van der Waals surface area contributed by atoms with E-state index in [2.05, 4.69) is 14.9 Å². The highest BCUT2D eigenvalue weighted by Crippen LogP contribution is 2.13. The average molecular weight is 262 g/mol. The Balaban J connectivity index is 2.13. The second-order valence-corrected chi connectivity index (χ2v) is 4.65. The largest absolute Gasteiger partial charge is 0.465 e. The van der Waals surface area contributed by atoms with Crippen molar-refractivity contribution < 1.29 is 4.74 Å². The molecule has 19 heavy (non-hydrogen) atoms. The third-order valence-corrected chi connectivity index (χ3v) is 2.70. The molecule has 0 fully saturated rings. The zero-order valence-corrected chi connectivity index (χ0v) is 11.1. The molecule has 1 aromatic carbocycles. The number of anilines is 1. The highest BCUT2D eigenvalue weighted by atomic mass is 16.5. The Morgan fingerprint density at radius 1 is 1.42 bits per heavy atom. The zero-order valence-electron chi connectivity index (χ0n) is 11.1. The Kier molecular flexibility index (Phi) is 4.01. The van der Waals surface area contributed by atoms with Gasteiger partial charge in [-0.3, -0.25) is 9.78 Å². The Morgan fingerprint density at radius 2 is 2.21 bits per heavy atom. The molecule has 0 amide bonds. The molecule has 1 heterocycles. The normalized spacial score (nSPS) is 11.1. The summed E-state index contributed by atoms with van der Waals surface area (Å²) < 4.78 is 5.45. The van der Waals surface area contributed by atoms with Gasteiger partial charge in [0.05, 0.1) is 17.5 Å². The van der Waals surface area contributed by atoms with Crippen LogP contribution in [-0.2, 0) is 0 Å². The van der Waals surface area contributed by atoms with E-state index in [1.807, 2.05) is 14.1 Å². The number of aromatic nitrogens is 2. The molecule has 2 rings (SSSR count). The molecule has 0 saturated carbocycles. The summed E-state index contributed by atoms with van der Waals surface area (Å²) in [6, 6.07) is 5.29. The third-order valence-electron chi connectivity index (χ3n) is 2.70. The van der Waals surface area contributed by atoms with Crippen LogP contribution in [-0.4, -0.2) is 42.1 Å². The van der Waals surface area contributed by atoms with Crippen LogP contribution in [0.15, 0.2) is 23.0 Å². The summed E-state index contributed by atoms with van der Waals surface area (Å²) in [4.78, 5) is 20.8. The minimum absolute atomic E-state index is 0.236. The Bertz CT molecular complexity index is 622. The molecule has 3 N–H and O–H groups in total. The molecule has 102 valence electrons. The Labute approximate surface area is 111 Å². The van der Waals surface area contributed by atoms with E-state index in [-0.39, 0.29) is 11.6 Å². The number of nitrogens with two attached hydrogens (primary N) is 1. The Hall–Kier alpha value is -2.08. The summed E-state index contributed by atoms with van der Waals surface area (Å²) in [6.45, 7) is 1.44. The van der Waals surface area contributed by atoms with E-state index in [1.165, 1.54) is 0 Å². The lowest BCUT2D eigenvalue weighted by molar-refractivity contribution is 0.264. The van der Waals surface area contributed by atoms with Crippen LogP contribution in [0.25, 0.3) is 10.9 Å². The van der Waals surface area contributed by atoms with Gasteiger partial charge in [0.25, 0.3) is 11.6 Å². The molecule has 0 aliphatic rings. The van der Waals surface area contributed by atoms with E-state index >= 15 is 0 Å². The van der Waals surface area contributed by atoms with Crippen molar-refractivity contribution in [2.24, 2.45) is 0 Å². The summed E-state index contributed by atoms with van der Waals surface area (Å²) >= 11 is 0. The number of aromatic amines is 1. The van der Waals surface area contributed by atoms with Gasteiger partial charge in [0.15, 0.2) is 0 Å². The maximum Gasteiger partial charge on any atom is 0.297 e. The number of hydrogen-bond donors (Lipinski definition) is 2. The SMILES string of the molecule is CN(C)CCCOc1nc2ccc(N)cc2c(=O)[nH]1. The zero-order chi connectivity index (χ0) is 13.8. The van der Waals surface area contributed by atoms with Crippen LogP contribution in [0.1, 0.15) is 6.42 Å². The van der Waals surface area contributed by atoms with Crippen LogP contribution in [0.4, 0.5) is 5.69 Å². The van der Waals surface area contributed by atoms with Crippen molar-refractivity contribution in [1.29, 1.82) is 0 Å². The minimum Gasteiger partial charge on any atom is -0.465 e. The van der Waals surface area contributed by atoms with Crippen LogP contribution >= 0.6 is 0 Å². The van der Waals surface area contributed by atoms with Gasteiger partial charge in [0.2, 0.25) is 0 Å². The molecular weight excluding hydrogens is 244 g/mol. The second kappa shape index (κ2) is 5.71. The van der Waals surface area contributed by atoms with E-state index in [9.17, 15) is 4.79 Å². The van der Waals surface area contributed by atoms with Crippen molar-refractivity contribution in [3.8, 4) is 6.01 Å². The number of ether oxygens (including phenoxy) is 1. The van der Waals surface area contributed by atoms with E-state index in [0.29, 0.717) is 23.2 Å². The summed E-state index contributed by atoms with van der Waals surface area (Å²) in [7, 11) is 4.00. The van der Waals surface area contributed by atoms with Crippen molar-refractivity contribution in [3.63, 3.8) is 0 Å². The maximum absolute atomic E-state index is 11.9. The number of hydrogen-bond acceptors (Lipinski definition) is 5. The fraction of sp³-hybridized carbons (Fsp3) is 0.385. The van der Waals surface area contributed by atoms with E-state index in [4.69, 9.17) is 10.5 Å². The summed E-state index contributed by atoms with van der Waals surface area (Å²) in [6.07, 6.45) is 0.872. The number of H-pyrrole nitrogens is 1. The van der Waals surface area contributed by atoms with Gasteiger partial charge in [0, 0.05) is 12.2 Å². The first-order valence-corrected chi connectivity index (χ1v) is 6.13. The molecule has 0 bridgehead atoms. The van der Waals surface area contributed by atoms with Gasteiger partial charge in [-0.1, -0.05) is 0 Å². The van der Waals surface area contributed by atoms with E-state index < -0.39 is 0 Å². The molecule has 0 atom stereocenters. The molecule has 6 heteroatoms. The monoisotopic (exact) mass is 262 g/mol. The number of nitrogens with one attached hydrogen (secondary N) is 1. The second-order valence-electron chi connectivity index (χ2n) is 4.65. The van der Waals surface area contributed by atoms with Crippen LogP contribution in [0.2, 0.25) is 0 Å². The van der Waals surface area contributed by atoms with Crippen molar-refractivity contribution in [3.05, 3.63) is 28.6 Å². The van der Waals surface area contributed by atoms with Crippen LogP contribution in [0.5, 0.6) is 6.01 Å². The lowest BCUT2D eigenvalue weighted by Crippen LogP contribution is -2.17. The van der Waals surface area contributed by atoms with E-state index in [1.54, 1.807) is 18.2 Å². The number of rotatable bonds is 5. The third kappa shape index (κ3) is 3.45. The standard InChI is InChI=1S/C13H18N4O2/c1-17(2)6-3-7-19-13-15-11-5-4-9(14)8-10(11)12(18)16-13/h4-5,8H,3,6-7,14H2,1-2H3,(H,15,16,18). The van der Waals surface area contributed by atoms with Gasteiger partial charge in [-0.25, -0.2) is 0 Å². The number of benzene rings is 1. The molecule has 0 spiro atoms. The van der Waals surface area contributed by atoms with Gasteiger partial charge in [-0.2, -0.15) is 4.98 Å². The molecule has 0 aliphatic heterocycles. The lowest BCUT2D eigenvalue weighted by Gasteiger charge is -2.09. The van der Waals surface area contributed by atoms with Crippen molar-refractivity contribution in [2.45, 2.75) is 6.42 Å². The highest BCUT2D eigenvalue weighted by molar-refractivity contribution is 5.81. The molecule has 1 aromatic heterocycles. The van der Waals surface area contributed by atoms with Crippen molar-refractivity contribution >= 4 is 16.6 Å². The molecule has 0 unspecified atom stereocenters.